The number of benzene rings is 1. The molecule has 1 aliphatic carbocycles. The Balaban J connectivity index is 0.00000220. The monoisotopic (exact) mass is 328 g/mol. The summed E-state index contributed by atoms with van der Waals surface area (Å²) in [7, 11) is 0. The van der Waals surface area contributed by atoms with Crippen LogP contribution < -0.4 is 61.6 Å². The first kappa shape index (κ1) is 19.5. The molecule has 1 aromatic carbocycles. The number of halogens is 4. The van der Waals surface area contributed by atoms with Gasteiger partial charge in [-0.05, 0) is 49.8 Å². The standard InChI is InChI=1S/C14H18BF4O.K/c1-2-10-3-6-12(7-4-10)20-14-8-5-11(16)9-13(14)15(17,18)19;/h5,8-10,12H,2-4,6-7H2,1H3;/q-1;+1. The Morgan fingerprint density at radius 3 is 2.29 bits per heavy atom. The molecule has 7 heteroatoms. The van der Waals surface area contributed by atoms with Crippen molar-refractivity contribution in [2.24, 2.45) is 5.92 Å². The molecular formula is C14H18BF4KO. The van der Waals surface area contributed by atoms with Crippen LogP contribution in [0.3, 0.4) is 0 Å². The third-order valence-corrected chi connectivity index (χ3v) is 3.99. The average molecular weight is 328 g/mol. The maximum absolute atomic E-state index is 13.0. The van der Waals surface area contributed by atoms with E-state index >= 15 is 0 Å². The molecule has 0 spiro atoms. The summed E-state index contributed by atoms with van der Waals surface area (Å²) >= 11 is 0. The minimum Gasteiger partial charge on any atom is -0.493 e. The predicted octanol–water partition coefficient (Wildman–Crippen LogP) is 1.23. The number of hydrogen-bond donors (Lipinski definition) is 0. The number of rotatable bonds is 4. The van der Waals surface area contributed by atoms with Gasteiger partial charge in [0.2, 0.25) is 0 Å². The van der Waals surface area contributed by atoms with Gasteiger partial charge in [-0.1, -0.05) is 18.8 Å². The maximum Gasteiger partial charge on any atom is 1.00 e. The summed E-state index contributed by atoms with van der Waals surface area (Å²) in [5.41, 5.74) is -0.970. The van der Waals surface area contributed by atoms with Gasteiger partial charge >= 0.3 is 58.4 Å². The Morgan fingerprint density at radius 2 is 1.76 bits per heavy atom. The van der Waals surface area contributed by atoms with Gasteiger partial charge in [0.1, 0.15) is 5.82 Å². The van der Waals surface area contributed by atoms with Gasteiger partial charge in [-0.2, -0.15) is 0 Å². The first-order valence-electron chi connectivity index (χ1n) is 7.06. The summed E-state index contributed by atoms with van der Waals surface area (Å²) in [6.07, 6.45) is 4.39. The molecule has 1 aliphatic rings. The predicted molar refractivity (Wildman–Crippen MR) is 71.8 cm³/mol. The van der Waals surface area contributed by atoms with Gasteiger partial charge in [0.15, 0.2) is 0 Å². The van der Waals surface area contributed by atoms with Crippen LogP contribution in [0, 0.1) is 11.7 Å². The Morgan fingerprint density at radius 1 is 1.14 bits per heavy atom. The van der Waals surface area contributed by atoms with Gasteiger partial charge in [-0.15, -0.1) is 0 Å². The van der Waals surface area contributed by atoms with Gasteiger partial charge in [-0.3, -0.25) is 0 Å². The minimum absolute atomic E-state index is 0. The fourth-order valence-corrected chi connectivity index (χ4v) is 2.72. The molecule has 0 amide bonds. The summed E-state index contributed by atoms with van der Waals surface area (Å²) in [6, 6.07) is 2.62. The second-order valence-corrected chi connectivity index (χ2v) is 5.43. The van der Waals surface area contributed by atoms with E-state index in [1.54, 1.807) is 0 Å². The van der Waals surface area contributed by atoms with Crippen molar-refractivity contribution < 1.29 is 73.5 Å². The second-order valence-electron chi connectivity index (χ2n) is 5.43. The van der Waals surface area contributed by atoms with Gasteiger partial charge in [-0.25, -0.2) is 4.39 Å². The SMILES string of the molecule is CCC1CCC(Oc2ccc(F)cc2[B-](F)(F)F)CC1.[K+]. The van der Waals surface area contributed by atoms with E-state index in [4.69, 9.17) is 4.74 Å². The molecule has 2 rings (SSSR count). The molecule has 0 aliphatic heterocycles. The zero-order valence-corrected chi connectivity index (χ0v) is 15.5. The van der Waals surface area contributed by atoms with Crippen molar-refractivity contribution in [2.45, 2.75) is 45.1 Å². The molecule has 1 saturated carbocycles. The molecule has 0 N–H and O–H groups in total. The van der Waals surface area contributed by atoms with Crippen molar-refractivity contribution in [1.82, 2.24) is 0 Å². The van der Waals surface area contributed by atoms with Crippen LogP contribution in [-0.2, 0) is 0 Å². The molecule has 1 aromatic rings. The largest absolute Gasteiger partial charge is 1.00 e. The van der Waals surface area contributed by atoms with Crippen molar-refractivity contribution in [3.8, 4) is 5.75 Å². The molecule has 112 valence electrons. The molecule has 1 fully saturated rings. The molecular weight excluding hydrogens is 310 g/mol. The van der Waals surface area contributed by atoms with Gasteiger partial charge in [0.05, 0.1) is 11.9 Å². The Labute approximate surface area is 165 Å². The molecule has 0 heterocycles. The van der Waals surface area contributed by atoms with Crippen LogP contribution in [0.2, 0.25) is 0 Å². The van der Waals surface area contributed by atoms with Crippen LogP contribution in [0.5, 0.6) is 5.75 Å². The van der Waals surface area contributed by atoms with Gasteiger partial charge in [0, 0.05) is 0 Å². The Kier molecular flexibility index (Phi) is 7.74. The normalized spacial score (nSPS) is 22.5. The fourth-order valence-electron chi connectivity index (χ4n) is 2.72. The molecule has 0 atom stereocenters. The summed E-state index contributed by atoms with van der Waals surface area (Å²) < 4.78 is 57.2. The smallest absolute Gasteiger partial charge is 0.493 e. The van der Waals surface area contributed by atoms with Crippen LogP contribution in [-0.4, -0.2) is 13.1 Å². The summed E-state index contributed by atoms with van der Waals surface area (Å²) in [5, 5.41) is 0. The van der Waals surface area contributed by atoms with Crippen molar-refractivity contribution in [1.29, 1.82) is 0 Å². The van der Waals surface area contributed by atoms with Crippen LogP contribution in [0.25, 0.3) is 0 Å². The summed E-state index contributed by atoms with van der Waals surface area (Å²) in [4.78, 5) is 0. The summed E-state index contributed by atoms with van der Waals surface area (Å²) in [5.74, 6) is -0.477. The Hall–Kier alpha value is 0.441. The van der Waals surface area contributed by atoms with Gasteiger partial charge < -0.3 is 17.7 Å². The molecule has 1 nitrogen and oxygen atoms in total. The summed E-state index contributed by atoms with van der Waals surface area (Å²) in [6.45, 7) is -3.14. The first-order chi connectivity index (χ1) is 9.40. The molecule has 21 heavy (non-hydrogen) atoms. The third-order valence-electron chi connectivity index (χ3n) is 3.99. The molecule has 0 radical (unpaired) electrons. The van der Waals surface area contributed by atoms with Crippen molar-refractivity contribution in [2.75, 3.05) is 0 Å². The van der Waals surface area contributed by atoms with E-state index in [2.05, 4.69) is 6.92 Å². The van der Waals surface area contributed by atoms with E-state index in [0.29, 0.717) is 12.0 Å². The van der Waals surface area contributed by atoms with Crippen LogP contribution in [0.4, 0.5) is 17.3 Å². The average Bonchev–Trinajstić information content (AvgIpc) is 2.40. The van der Waals surface area contributed by atoms with E-state index in [-0.39, 0.29) is 63.2 Å². The molecule has 0 saturated heterocycles. The third kappa shape index (κ3) is 5.53. The first-order valence-corrected chi connectivity index (χ1v) is 7.06. The zero-order chi connectivity index (χ0) is 14.8. The second kappa shape index (κ2) is 8.34. The van der Waals surface area contributed by atoms with E-state index in [1.807, 2.05) is 0 Å². The van der Waals surface area contributed by atoms with E-state index in [9.17, 15) is 17.3 Å². The Bertz CT molecular complexity index is 459. The maximum atomic E-state index is 13.0. The molecule has 0 aromatic heterocycles. The van der Waals surface area contributed by atoms with Crippen LogP contribution in [0.15, 0.2) is 18.2 Å². The van der Waals surface area contributed by atoms with Crippen LogP contribution in [0.1, 0.15) is 39.0 Å². The van der Waals surface area contributed by atoms with Gasteiger partial charge in [0.25, 0.3) is 0 Å². The van der Waals surface area contributed by atoms with E-state index in [0.717, 1.165) is 44.2 Å². The van der Waals surface area contributed by atoms with Crippen molar-refractivity contribution >= 4 is 12.4 Å². The van der Waals surface area contributed by atoms with E-state index in [1.165, 1.54) is 0 Å². The minimum atomic E-state index is -5.27. The molecule has 0 bridgehead atoms. The zero-order valence-electron chi connectivity index (χ0n) is 12.4. The number of hydrogen-bond acceptors (Lipinski definition) is 1. The topological polar surface area (TPSA) is 9.23 Å². The van der Waals surface area contributed by atoms with Crippen molar-refractivity contribution in [3.05, 3.63) is 24.0 Å². The van der Waals surface area contributed by atoms with Crippen molar-refractivity contribution in [3.63, 3.8) is 0 Å². The quantitative estimate of drug-likeness (QED) is 0.597. The van der Waals surface area contributed by atoms with Crippen LogP contribution >= 0.6 is 0 Å². The fraction of sp³-hybridized carbons (Fsp3) is 0.571. The van der Waals surface area contributed by atoms with E-state index < -0.39 is 18.3 Å². The number of ether oxygens (including phenoxy) is 1. The molecule has 0 unspecified atom stereocenters.